The molecule has 2 aromatic carbocycles. The standard InChI is InChI=1S/C20H18Cl2N4O4S/c1-13-23-19(24-30-13)14-2-4-15(5-3-14)20(27)25-8-10-26(11-9-25)31(28,29)18-12-16(21)6-7-17(18)22/h2-7,12H,8-11H2,1H3. The zero-order valence-electron chi connectivity index (χ0n) is 16.5. The first kappa shape index (κ1) is 21.8. The van der Waals surface area contributed by atoms with E-state index < -0.39 is 10.0 Å². The summed E-state index contributed by atoms with van der Waals surface area (Å²) >= 11 is 12.0. The molecule has 0 spiro atoms. The van der Waals surface area contributed by atoms with Gasteiger partial charge in [0.1, 0.15) is 4.90 Å². The van der Waals surface area contributed by atoms with E-state index in [0.29, 0.717) is 17.3 Å². The van der Waals surface area contributed by atoms with Gasteiger partial charge in [0.2, 0.25) is 21.7 Å². The van der Waals surface area contributed by atoms with E-state index in [9.17, 15) is 13.2 Å². The van der Waals surface area contributed by atoms with Gasteiger partial charge in [-0.25, -0.2) is 8.42 Å². The van der Waals surface area contributed by atoms with Crippen LogP contribution in [0.2, 0.25) is 10.0 Å². The summed E-state index contributed by atoms with van der Waals surface area (Å²) in [6, 6.07) is 11.2. The lowest BCUT2D eigenvalue weighted by atomic mass is 10.1. The molecular formula is C20H18Cl2N4O4S. The van der Waals surface area contributed by atoms with Crippen LogP contribution in [0.3, 0.4) is 0 Å². The summed E-state index contributed by atoms with van der Waals surface area (Å²) in [6.45, 7) is 2.56. The number of carbonyl (C=O) groups is 1. The van der Waals surface area contributed by atoms with Crippen molar-refractivity contribution in [2.24, 2.45) is 0 Å². The number of halogens is 2. The highest BCUT2D eigenvalue weighted by atomic mass is 35.5. The van der Waals surface area contributed by atoms with E-state index in [4.69, 9.17) is 27.7 Å². The van der Waals surface area contributed by atoms with Crippen molar-refractivity contribution in [3.63, 3.8) is 0 Å². The maximum Gasteiger partial charge on any atom is 0.253 e. The lowest BCUT2D eigenvalue weighted by Gasteiger charge is -2.34. The van der Waals surface area contributed by atoms with Gasteiger partial charge in [-0.2, -0.15) is 9.29 Å². The highest BCUT2D eigenvalue weighted by Crippen LogP contribution is 2.28. The first-order chi connectivity index (χ1) is 14.8. The van der Waals surface area contributed by atoms with Gasteiger partial charge >= 0.3 is 0 Å². The van der Waals surface area contributed by atoms with E-state index in [2.05, 4.69) is 10.1 Å². The molecule has 2 heterocycles. The lowest BCUT2D eigenvalue weighted by Crippen LogP contribution is -2.50. The summed E-state index contributed by atoms with van der Waals surface area (Å²) in [6.07, 6.45) is 0. The normalized spacial score (nSPS) is 15.3. The van der Waals surface area contributed by atoms with Crippen molar-refractivity contribution in [1.82, 2.24) is 19.3 Å². The molecule has 1 aliphatic rings. The van der Waals surface area contributed by atoms with Crippen molar-refractivity contribution in [3.05, 3.63) is 64.0 Å². The van der Waals surface area contributed by atoms with E-state index in [1.165, 1.54) is 22.5 Å². The van der Waals surface area contributed by atoms with Crippen LogP contribution in [0.1, 0.15) is 16.2 Å². The van der Waals surface area contributed by atoms with Crippen LogP contribution >= 0.6 is 23.2 Å². The topological polar surface area (TPSA) is 96.6 Å². The van der Waals surface area contributed by atoms with Crippen LogP contribution in [-0.4, -0.2) is 59.8 Å². The summed E-state index contributed by atoms with van der Waals surface area (Å²) in [4.78, 5) is 18.6. The molecular weight excluding hydrogens is 463 g/mol. The van der Waals surface area contributed by atoms with Crippen LogP contribution in [0, 0.1) is 6.92 Å². The van der Waals surface area contributed by atoms with Gasteiger partial charge in [0.05, 0.1) is 5.02 Å². The van der Waals surface area contributed by atoms with Gasteiger partial charge in [-0.15, -0.1) is 0 Å². The number of amides is 1. The van der Waals surface area contributed by atoms with Crippen molar-refractivity contribution in [3.8, 4) is 11.4 Å². The number of hydrogen-bond acceptors (Lipinski definition) is 6. The Morgan fingerprint density at radius 2 is 1.71 bits per heavy atom. The fourth-order valence-electron chi connectivity index (χ4n) is 3.31. The van der Waals surface area contributed by atoms with E-state index in [0.717, 1.165) is 5.56 Å². The van der Waals surface area contributed by atoms with Crippen molar-refractivity contribution >= 4 is 39.1 Å². The lowest BCUT2D eigenvalue weighted by molar-refractivity contribution is 0.0698. The fraction of sp³-hybridized carbons (Fsp3) is 0.250. The Bertz CT molecular complexity index is 1220. The Labute approximate surface area is 189 Å². The second kappa shape index (κ2) is 8.58. The zero-order valence-corrected chi connectivity index (χ0v) is 18.8. The summed E-state index contributed by atoms with van der Waals surface area (Å²) in [7, 11) is -3.81. The Kier molecular flexibility index (Phi) is 6.02. The third kappa shape index (κ3) is 4.45. The number of nitrogens with zero attached hydrogens (tertiary/aromatic N) is 4. The quantitative estimate of drug-likeness (QED) is 0.566. The Morgan fingerprint density at radius 3 is 2.32 bits per heavy atom. The molecule has 8 nitrogen and oxygen atoms in total. The minimum absolute atomic E-state index is 0.0336. The minimum Gasteiger partial charge on any atom is -0.339 e. The number of aromatic nitrogens is 2. The van der Waals surface area contributed by atoms with Crippen LogP contribution < -0.4 is 0 Å². The largest absolute Gasteiger partial charge is 0.339 e. The van der Waals surface area contributed by atoms with E-state index in [1.54, 1.807) is 36.1 Å². The number of rotatable bonds is 4. The molecule has 1 fully saturated rings. The average Bonchev–Trinajstić information content (AvgIpc) is 3.21. The predicted molar refractivity (Wildman–Crippen MR) is 116 cm³/mol. The molecule has 1 aromatic heterocycles. The van der Waals surface area contributed by atoms with Gasteiger partial charge in [0, 0.05) is 49.3 Å². The fourth-order valence-corrected chi connectivity index (χ4v) is 5.47. The SMILES string of the molecule is Cc1nc(-c2ccc(C(=O)N3CCN(S(=O)(=O)c4cc(Cl)ccc4Cl)CC3)cc2)no1. The van der Waals surface area contributed by atoms with Gasteiger partial charge in [-0.3, -0.25) is 4.79 Å². The van der Waals surface area contributed by atoms with E-state index in [-0.39, 0.29) is 47.0 Å². The molecule has 11 heteroatoms. The van der Waals surface area contributed by atoms with Gasteiger partial charge in [0.15, 0.2) is 0 Å². The summed E-state index contributed by atoms with van der Waals surface area (Å²) in [5, 5.41) is 4.26. The van der Waals surface area contributed by atoms with Crippen molar-refractivity contribution < 1.29 is 17.7 Å². The molecule has 1 aliphatic heterocycles. The molecule has 31 heavy (non-hydrogen) atoms. The minimum atomic E-state index is -3.81. The molecule has 0 radical (unpaired) electrons. The van der Waals surface area contributed by atoms with Gasteiger partial charge < -0.3 is 9.42 Å². The van der Waals surface area contributed by atoms with Crippen LogP contribution in [0.4, 0.5) is 0 Å². The summed E-state index contributed by atoms with van der Waals surface area (Å²) in [5.74, 6) is 0.741. The van der Waals surface area contributed by atoms with Crippen LogP contribution in [0.5, 0.6) is 0 Å². The highest BCUT2D eigenvalue weighted by molar-refractivity contribution is 7.89. The number of piperazine rings is 1. The third-order valence-corrected chi connectivity index (χ3v) is 7.57. The number of sulfonamides is 1. The van der Waals surface area contributed by atoms with Gasteiger partial charge in [-0.1, -0.05) is 40.5 Å². The molecule has 0 saturated carbocycles. The highest BCUT2D eigenvalue weighted by Gasteiger charge is 2.32. The van der Waals surface area contributed by atoms with Crippen molar-refractivity contribution in [1.29, 1.82) is 0 Å². The predicted octanol–water partition coefficient (Wildman–Crippen LogP) is 3.50. The molecule has 1 amide bonds. The Balaban J connectivity index is 1.43. The molecule has 0 bridgehead atoms. The van der Waals surface area contributed by atoms with Crippen LogP contribution in [0.15, 0.2) is 51.9 Å². The van der Waals surface area contributed by atoms with Crippen LogP contribution in [-0.2, 0) is 10.0 Å². The molecule has 0 aliphatic carbocycles. The van der Waals surface area contributed by atoms with Crippen molar-refractivity contribution in [2.75, 3.05) is 26.2 Å². The molecule has 0 unspecified atom stereocenters. The number of benzene rings is 2. The summed E-state index contributed by atoms with van der Waals surface area (Å²) < 4.78 is 32.2. The van der Waals surface area contributed by atoms with E-state index >= 15 is 0 Å². The smallest absolute Gasteiger partial charge is 0.253 e. The van der Waals surface area contributed by atoms with Crippen LogP contribution in [0.25, 0.3) is 11.4 Å². The maximum absolute atomic E-state index is 12.9. The number of carbonyl (C=O) groups excluding carboxylic acids is 1. The average molecular weight is 481 g/mol. The molecule has 1 saturated heterocycles. The second-order valence-corrected chi connectivity index (χ2v) is 9.74. The molecule has 0 atom stereocenters. The first-order valence-corrected chi connectivity index (χ1v) is 11.6. The summed E-state index contributed by atoms with van der Waals surface area (Å²) in [5.41, 5.74) is 1.24. The molecule has 162 valence electrons. The van der Waals surface area contributed by atoms with E-state index in [1.807, 2.05) is 0 Å². The zero-order chi connectivity index (χ0) is 22.2. The monoisotopic (exact) mass is 480 g/mol. The Hall–Kier alpha value is -2.46. The molecule has 0 N–H and O–H groups in total. The second-order valence-electron chi connectivity index (χ2n) is 6.99. The third-order valence-electron chi connectivity index (χ3n) is 4.95. The van der Waals surface area contributed by atoms with Crippen molar-refractivity contribution in [2.45, 2.75) is 11.8 Å². The number of hydrogen-bond donors (Lipinski definition) is 0. The van der Waals surface area contributed by atoms with Gasteiger partial charge in [0.25, 0.3) is 5.91 Å². The first-order valence-electron chi connectivity index (χ1n) is 9.41. The number of aryl methyl sites for hydroxylation is 1. The Morgan fingerprint density at radius 1 is 1.03 bits per heavy atom. The molecule has 3 aromatic rings. The van der Waals surface area contributed by atoms with Gasteiger partial charge in [-0.05, 0) is 30.3 Å². The molecule has 4 rings (SSSR count). The maximum atomic E-state index is 12.9.